The van der Waals surface area contributed by atoms with Gasteiger partial charge in [0, 0.05) is 5.56 Å². The summed E-state index contributed by atoms with van der Waals surface area (Å²) in [6, 6.07) is 1.85. The number of hydrogen-bond donors (Lipinski definition) is 4. The molecule has 2 amide bonds. The van der Waals surface area contributed by atoms with Gasteiger partial charge in [-0.25, -0.2) is 0 Å². The van der Waals surface area contributed by atoms with Gasteiger partial charge < -0.3 is 15.3 Å². The van der Waals surface area contributed by atoms with Crippen LogP contribution >= 0.6 is 0 Å². The van der Waals surface area contributed by atoms with Crippen molar-refractivity contribution in [3.63, 3.8) is 0 Å². The van der Waals surface area contributed by atoms with Crippen LogP contribution in [0.3, 0.4) is 0 Å². The number of rotatable bonds is 2. The second kappa shape index (κ2) is 3.65. The van der Waals surface area contributed by atoms with Crippen molar-refractivity contribution >= 4 is 12.3 Å². The van der Waals surface area contributed by atoms with E-state index >= 15 is 0 Å². The first kappa shape index (κ1) is 9.85. The number of nitrogens with one attached hydrogen (secondary N) is 1. The zero-order valence-corrected chi connectivity index (χ0v) is 6.89. The number of amides is 2. The number of benzene rings is 1. The van der Waals surface area contributed by atoms with Crippen LogP contribution in [-0.2, 0) is 4.79 Å². The summed E-state index contributed by atoms with van der Waals surface area (Å²) in [5.41, 5.74) is -0.134. The summed E-state index contributed by atoms with van der Waals surface area (Å²) in [4.78, 5) is 20.9. The SMILES string of the molecule is O=CNC(=O)c1cc(O)c(O)c(O)c1. The van der Waals surface area contributed by atoms with Crippen LogP contribution in [0.15, 0.2) is 12.1 Å². The Hall–Kier alpha value is -2.24. The first-order valence-electron chi connectivity index (χ1n) is 3.55. The van der Waals surface area contributed by atoms with Gasteiger partial charge in [0.1, 0.15) is 0 Å². The largest absolute Gasteiger partial charge is 0.504 e. The van der Waals surface area contributed by atoms with Crippen molar-refractivity contribution in [2.24, 2.45) is 0 Å². The summed E-state index contributed by atoms with van der Waals surface area (Å²) < 4.78 is 0. The van der Waals surface area contributed by atoms with Crippen LogP contribution in [0.1, 0.15) is 10.4 Å². The van der Waals surface area contributed by atoms with E-state index < -0.39 is 23.2 Å². The Morgan fingerprint density at radius 3 is 2.14 bits per heavy atom. The fraction of sp³-hybridized carbons (Fsp3) is 0. The molecule has 0 saturated heterocycles. The number of hydrogen-bond acceptors (Lipinski definition) is 5. The van der Waals surface area contributed by atoms with E-state index in [1.807, 2.05) is 5.32 Å². The lowest BCUT2D eigenvalue weighted by Crippen LogP contribution is -2.20. The van der Waals surface area contributed by atoms with Crippen LogP contribution in [0.4, 0.5) is 0 Å². The molecule has 0 unspecified atom stereocenters. The summed E-state index contributed by atoms with van der Waals surface area (Å²) >= 11 is 0. The van der Waals surface area contributed by atoms with Gasteiger partial charge in [-0.3, -0.25) is 14.9 Å². The quantitative estimate of drug-likeness (QED) is 0.384. The Bertz CT molecular complexity index is 364. The van der Waals surface area contributed by atoms with E-state index in [1.54, 1.807) is 0 Å². The molecule has 74 valence electrons. The molecule has 0 aliphatic rings. The monoisotopic (exact) mass is 197 g/mol. The van der Waals surface area contributed by atoms with Gasteiger partial charge in [0.15, 0.2) is 17.2 Å². The molecule has 1 aromatic rings. The molecule has 0 aromatic heterocycles. The van der Waals surface area contributed by atoms with Crippen LogP contribution in [-0.4, -0.2) is 27.6 Å². The highest BCUT2D eigenvalue weighted by molar-refractivity contribution is 6.00. The Kier molecular flexibility index (Phi) is 2.57. The molecule has 0 radical (unpaired) electrons. The van der Waals surface area contributed by atoms with Gasteiger partial charge in [0.2, 0.25) is 6.41 Å². The Labute approximate surface area is 78.4 Å². The number of carbonyl (C=O) groups excluding carboxylic acids is 2. The van der Waals surface area contributed by atoms with Gasteiger partial charge >= 0.3 is 0 Å². The molecule has 0 saturated carbocycles. The average Bonchev–Trinajstić information content (AvgIpc) is 2.13. The fourth-order valence-electron chi connectivity index (χ4n) is 0.872. The normalized spacial score (nSPS) is 9.43. The standard InChI is InChI=1S/C8H7NO5/c10-3-9-8(14)4-1-5(11)7(13)6(12)2-4/h1-3,11-13H,(H,9,10,14). The number of phenolic OH excluding ortho intramolecular Hbond substituents is 3. The topological polar surface area (TPSA) is 107 Å². The number of imide groups is 1. The van der Waals surface area contributed by atoms with Gasteiger partial charge in [-0.05, 0) is 12.1 Å². The van der Waals surface area contributed by atoms with Crippen molar-refractivity contribution in [3.8, 4) is 17.2 Å². The smallest absolute Gasteiger partial charge is 0.257 e. The third-order valence-electron chi connectivity index (χ3n) is 1.52. The second-order valence-electron chi connectivity index (χ2n) is 2.45. The molecule has 0 fully saturated rings. The van der Waals surface area contributed by atoms with Gasteiger partial charge in [-0.15, -0.1) is 0 Å². The second-order valence-corrected chi connectivity index (χ2v) is 2.45. The molecule has 0 bridgehead atoms. The Morgan fingerprint density at radius 2 is 1.71 bits per heavy atom. The van der Waals surface area contributed by atoms with E-state index in [-0.39, 0.29) is 12.0 Å². The molecule has 0 aliphatic carbocycles. The van der Waals surface area contributed by atoms with Crippen molar-refractivity contribution in [2.75, 3.05) is 0 Å². The lowest BCUT2D eigenvalue weighted by atomic mass is 10.1. The zero-order valence-electron chi connectivity index (χ0n) is 6.89. The van der Waals surface area contributed by atoms with E-state index in [0.29, 0.717) is 0 Å². The van der Waals surface area contributed by atoms with Crippen LogP contribution in [0, 0.1) is 0 Å². The highest BCUT2D eigenvalue weighted by Crippen LogP contribution is 2.35. The van der Waals surface area contributed by atoms with E-state index in [2.05, 4.69) is 0 Å². The molecule has 0 aliphatic heterocycles. The Morgan fingerprint density at radius 1 is 1.21 bits per heavy atom. The molecule has 14 heavy (non-hydrogen) atoms. The van der Waals surface area contributed by atoms with Crippen LogP contribution < -0.4 is 5.32 Å². The van der Waals surface area contributed by atoms with E-state index in [4.69, 9.17) is 15.3 Å². The van der Waals surface area contributed by atoms with Gasteiger partial charge in [-0.1, -0.05) is 0 Å². The van der Waals surface area contributed by atoms with Crippen LogP contribution in [0.5, 0.6) is 17.2 Å². The maximum absolute atomic E-state index is 11.0. The van der Waals surface area contributed by atoms with Gasteiger partial charge in [0.05, 0.1) is 0 Å². The van der Waals surface area contributed by atoms with Gasteiger partial charge in [0.25, 0.3) is 5.91 Å². The highest BCUT2D eigenvalue weighted by atomic mass is 16.3. The van der Waals surface area contributed by atoms with E-state index in [0.717, 1.165) is 12.1 Å². The van der Waals surface area contributed by atoms with E-state index in [9.17, 15) is 9.59 Å². The number of carbonyl (C=O) groups is 2. The first-order valence-corrected chi connectivity index (χ1v) is 3.55. The Balaban J connectivity index is 3.12. The highest BCUT2D eigenvalue weighted by Gasteiger charge is 2.12. The molecule has 1 aromatic carbocycles. The predicted molar refractivity (Wildman–Crippen MR) is 45.0 cm³/mol. The maximum atomic E-state index is 11.0. The number of aromatic hydroxyl groups is 3. The maximum Gasteiger partial charge on any atom is 0.257 e. The molecule has 6 nitrogen and oxygen atoms in total. The summed E-state index contributed by atoms with van der Waals surface area (Å²) in [5, 5.41) is 28.8. The molecule has 4 N–H and O–H groups in total. The fourth-order valence-corrected chi connectivity index (χ4v) is 0.872. The third kappa shape index (κ3) is 1.74. The average molecular weight is 197 g/mol. The van der Waals surface area contributed by atoms with E-state index in [1.165, 1.54) is 0 Å². The predicted octanol–water partition coefficient (Wildman–Crippen LogP) is -0.310. The lowest BCUT2D eigenvalue weighted by molar-refractivity contribution is -0.108. The first-order chi connectivity index (χ1) is 6.56. The minimum absolute atomic E-state index is 0.134. The van der Waals surface area contributed by atoms with Crippen molar-refractivity contribution in [1.82, 2.24) is 5.32 Å². The molecule has 0 heterocycles. The van der Waals surface area contributed by atoms with Gasteiger partial charge in [-0.2, -0.15) is 0 Å². The summed E-state index contributed by atoms with van der Waals surface area (Å²) in [6.07, 6.45) is 0.170. The minimum atomic E-state index is -0.786. The van der Waals surface area contributed by atoms with Crippen molar-refractivity contribution in [3.05, 3.63) is 17.7 Å². The summed E-state index contributed by atoms with van der Waals surface area (Å²) in [6.45, 7) is 0. The summed E-state index contributed by atoms with van der Waals surface area (Å²) in [5.74, 6) is -2.78. The number of phenols is 3. The van der Waals surface area contributed by atoms with Crippen LogP contribution in [0.2, 0.25) is 0 Å². The van der Waals surface area contributed by atoms with Crippen LogP contribution in [0.25, 0.3) is 0 Å². The third-order valence-corrected chi connectivity index (χ3v) is 1.52. The molecule has 6 heteroatoms. The zero-order chi connectivity index (χ0) is 10.7. The molecular formula is C8H7NO5. The molecule has 0 atom stereocenters. The molecule has 1 rings (SSSR count). The van der Waals surface area contributed by atoms with Crippen molar-refractivity contribution in [1.29, 1.82) is 0 Å². The van der Waals surface area contributed by atoms with Crippen molar-refractivity contribution < 1.29 is 24.9 Å². The summed E-state index contributed by atoms with van der Waals surface area (Å²) in [7, 11) is 0. The van der Waals surface area contributed by atoms with Crippen molar-refractivity contribution in [2.45, 2.75) is 0 Å². The lowest BCUT2D eigenvalue weighted by Gasteiger charge is -2.03. The molecular weight excluding hydrogens is 190 g/mol. The minimum Gasteiger partial charge on any atom is -0.504 e. The molecule has 0 spiro atoms.